The molecule has 0 radical (unpaired) electrons. The Morgan fingerprint density at radius 2 is 1.76 bits per heavy atom. The normalized spacial score (nSPS) is 13.4. The Kier molecular flexibility index (Phi) is 4.77. The average Bonchev–Trinajstić information content (AvgIpc) is 3.26. The van der Waals surface area contributed by atoms with E-state index in [0.717, 1.165) is 23.9 Å². The maximum atomic E-state index is 12.6. The van der Waals surface area contributed by atoms with E-state index >= 15 is 0 Å². The summed E-state index contributed by atoms with van der Waals surface area (Å²) in [4.78, 5) is 14.5. The maximum absolute atomic E-state index is 12.6. The molecule has 0 unspecified atom stereocenters. The second-order valence-corrected chi connectivity index (χ2v) is 7.98. The van der Waals surface area contributed by atoms with Gasteiger partial charge in [-0.2, -0.15) is 0 Å². The van der Waals surface area contributed by atoms with E-state index in [1.165, 1.54) is 28.3 Å². The highest BCUT2D eigenvalue weighted by atomic mass is 32.2. The molecule has 4 aromatic rings. The lowest BCUT2D eigenvalue weighted by atomic mass is 10.00. The first-order valence-electron chi connectivity index (χ1n) is 9.56. The van der Waals surface area contributed by atoms with Gasteiger partial charge in [-0.05, 0) is 40.5 Å². The standard InChI is InChI=1S/C23H19N3O2S/c27-21(26-12-11-17-6-2-4-8-20(17)14-26)15-29-23-25-24-22(28-23)19-10-9-16-5-1-3-7-18(16)13-19/h1-10,13H,11-12,14-15H2. The van der Waals surface area contributed by atoms with Gasteiger partial charge in [-0.1, -0.05) is 66.4 Å². The van der Waals surface area contributed by atoms with Gasteiger partial charge in [0.1, 0.15) is 0 Å². The van der Waals surface area contributed by atoms with Crippen molar-refractivity contribution in [2.24, 2.45) is 0 Å². The number of hydrogen-bond acceptors (Lipinski definition) is 5. The van der Waals surface area contributed by atoms with Crippen LogP contribution in [0.4, 0.5) is 0 Å². The largest absolute Gasteiger partial charge is 0.411 e. The lowest BCUT2D eigenvalue weighted by Gasteiger charge is -2.28. The van der Waals surface area contributed by atoms with E-state index in [-0.39, 0.29) is 5.91 Å². The van der Waals surface area contributed by atoms with Crippen molar-refractivity contribution in [2.75, 3.05) is 12.3 Å². The molecule has 1 amide bonds. The van der Waals surface area contributed by atoms with Crippen LogP contribution in [0.15, 0.2) is 76.4 Å². The highest BCUT2D eigenvalue weighted by molar-refractivity contribution is 7.99. The lowest BCUT2D eigenvalue weighted by Crippen LogP contribution is -2.37. The lowest BCUT2D eigenvalue weighted by molar-refractivity contribution is -0.129. The molecule has 5 rings (SSSR count). The van der Waals surface area contributed by atoms with Gasteiger partial charge in [-0.3, -0.25) is 4.79 Å². The van der Waals surface area contributed by atoms with Gasteiger partial charge in [0.25, 0.3) is 5.22 Å². The summed E-state index contributed by atoms with van der Waals surface area (Å²) in [5.41, 5.74) is 3.44. The van der Waals surface area contributed by atoms with Gasteiger partial charge in [0.05, 0.1) is 5.75 Å². The van der Waals surface area contributed by atoms with Gasteiger partial charge >= 0.3 is 0 Å². The van der Waals surface area contributed by atoms with Crippen molar-refractivity contribution >= 4 is 28.4 Å². The molecule has 0 spiro atoms. The second kappa shape index (κ2) is 7.72. The molecule has 1 aliphatic heterocycles. The molecule has 0 atom stereocenters. The van der Waals surface area contributed by atoms with Crippen LogP contribution in [0.1, 0.15) is 11.1 Å². The molecule has 29 heavy (non-hydrogen) atoms. The molecule has 1 aliphatic rings. The first-order valence-corrected chi connectivity index (χ1v) is 10.5. The monoisotopic (exact) mass is 401 g/mol. The van der Waals surface area contributed by atoms with Crippen LogP contribution >= 0.6 is 11.8 Å². The minimum atomic E-state index is 0.0926. The van der Waals surface area contributed by atoms with Crippen LogP contribution in [0.5, 0.6) is 0 Å². The van der Waals surface area contributed by atoms with Gasteiger partial charge < -0.3 is 9.32 Å². The van der Waals surface area contributed by atoms with Gasteiger partial charge in [0, 0.05) is 18.7 Å². The number of aromatic nitrogens is 2. The molecular formula is C23H19N3O2S. The second-order valence-electron chi connectivity index (χ2n) is 7.06. The number of carbonyl (C=O) groups excluding carboxylic acids is 1. The van der Waals surface area contributed by atoms with Crippen molar-refractivity contribution in [1.29, 1.82) is 0 Å². The summed E-state index contributed by atoms with van der Waals surface area (Å²) in [6, 6.07) is 22.5. The molecule has 0 saturated carbocycles. The van der Waals surface area contributed by atoms with E-state index in [4.69, 9.17) is 4.42 Å². The van der Waals surface area contributed by atoms with E-state index < -0.39 is 0 Å². The highest BCUT2D eigenvalue weighted by Crippen LogP contribution is 2.27. The number of carbonyl (C=O) groups is 1. The minimum Gasteiger partial charge on any atom is -0.411 e. The van der Waals surface area contributed by atoms with Crippen molar-refractivity contribution in [1.82, 2.24) is 15.1 Å². The zero-order chi connectivity index (χ0) is 19.6. The fraction of sp³-hybridized carbons (Fsp3) is 0.174. The summed E-state index contributed by atoms with van der Waals surface area (Å²) >= 11 is 1.29. The van der Waals surface area contributed by atoms with Crippen LogP contribution in [0.2, 0.25) is 0 Å². The fourth-order valence-corrected chi connectivity index (χ4v) is 4.30. The van der Waals surface area contributed by atoms with E-state index in [0.29, 0.717) is 23.4 Å². The summed E-state index contributed by atoms with van der Waals surface area (Å²) in [7, 11) is 0. The first-order chi connectivity index (χ1) is 14.3. The summed E-state index contributed by atoms with van der Waals surface area (Å²) in [6.07, 6.45) is 0.902. The van der Waals surface area contributed by atoms with Crippen LogP contribution in [-0.4, -0.2) is 33.3 Å². The predicted octanol–water partition coefficient (Wildman–Crippen LogP) is 4.57. The number of nitrogens with zero attached hydrogens (tertiary/aromatic N) is 3. The van der Waals surface area contributed by atoms with E-state index in [1.54, 1.807) is 0 Å². The topological polar surface area (TPSA) is 59.2 Å². The van der Waals surface area contributed by atoms with Crippen LogP contribution in [0.3, 0.4) is 0 Å². The third kappa shape index (κ3) is 3.76. The molecule has 0 aliphatic carbocycles. The number of rotatable bonds is 4. The molecule has 6 heteroatoms. The minimum absolute atomic E-state index is 0.0926. The van der Waals surface area contributed by atoms with Gasteiger partial charge in [0.15, 0.2) is 0 Å². The zero-order valence-corrected chi connectivity index (χ0v) is 16.6. The quantitative estimate of drug-likeness (QED) is 0.469. The van der Waals surface area contributed by atoms with Crippen molar-refractivity contribution < 1.29 is 9.21 Å². The van der Waals surface area contributed by atoms with E-state index in [1.807, 2.05) is 41.3 Å². The van der Waals surface area contributed by atoms with Crippen LogP contribution < -0.4 is 0 Å². The molecule has 0 N–H and O–H groups in total. The van der Waals surface area contributed by atoms with E-state index in [2.05, 4.69) is 40.5 Å². The summed E-state index contributed by atoms with van der Waals surface area (Å²) in [5.74, 6) is 0.856. The van der Waals surface area contributed by atoms with Crippen LogP contribution in [0, 0.1) is 0 Å². The van der Waals surface area contributed by atoms with Gasteiger partial charge in [-0.15, -0.1) is 10.2 Å². The Morgan fingerprint density at radius 3 is 2.66 bits per heavy atom. The molecular weight excluding hydrogens is 382 g/mol. The van der Waals surface area contributed by atoms with Crippen molar-refractivity contribution in [3.63, 3.8) is 0 Å². The number of amides is 1. The van der Waals surface area contributed by atoms with Gasteiger partial charge in [0.2, 0.25) is 11.8 Å². The smallest absolute Gasteiger partial charge is 0.277 e. The molecule has 0 saturated heterocycles. The number of fused-ring (bicyclic) bond motifs is 2. The maximum Gasteiger partial charge on any atom is 0.277 e. The predicted molar refractivity (Wildman–Crippen MR) is 114 cm³/mol. The molecule has 3 aromatic carbocycles. The Labute approximate surface area is 172 Å². The Hall–Kier alpha value is -3.12. The Morgan fingerprint density at radius 1 is 0.966 bits per heavy atom. The zero-order valence-electron chi connectivity index (χ0n) is 15.7. The highest BCUT2D eigenvalue weighted by Gasteiger charge is 2.21. The number of hydrogen-bond donors (Lipinski definition) is 0. The molecule has 0 fully saturated rings. The molecule has 2 heterocycles. The molecule has 5 nitrogen and oxygen atoms in total. The van der Waals surface area contributed by atoms with Gasteiger partial charge in [-0.25, -0.2) is 0 Å². The molecule has 0 bridgehead atoms. The fourth-order valence-electron chi connectivity index (χ4n) is 3.63. The summed E-state index contributed by atoms with van der Waals surface area (Å²) in [5, 5.41) is 11.0. The third-order valence-corrected chi connectivity index (χ3v) is 6.01. The van der Waals surface area contributed by atoms with Crippen molar-refractivity contribution in [2.45, 2.75) is 18.2 Å². The Balaban J connectivity index is 1.24. The first kappa shape index (κ1) is 17.9. The van der Waals surface area contributed by atoms with E-state index in [9.17, 15) is 4.79 Å². The summed E-state index contributed by atoms with van der Waals surface area (Å²) < 4.78 is 5.78. The van der Waals surface area contributed by atoms with Crippen molar-refractivity contribution in [3.05, 3.63) is 77.9 Å². The SMILES string of the molecule is O=C(CSc1nnc(-c2ccc3ccccc3c2)o1)N1CCc2ccccc2C1. The van der Waals surface area contributed by atoms with Crippen LogP contribution in [-0.2, 0) is 17.8 Å². The third-order valence-electron chi connectivity index (χ3n) is 5.21. The molecule has 144 valence electrons. The van der Waals surface area contributed by atoms with Crippen molar-refractivity contribution in [3.8, 4) is 11.5 Å². The Bertz CT molecular complexity index is 1190. The number of benzene rings is 3. The summed E-state index contributed by atoms with van der Waals surface area (Å²) in [6.45, 7) is 1.42. The average molecular weight is 401 g/mol. The van der Waals surface area contributed by atoms with Crippen LogP contribution in [0.25, 0.3) is 22.2 Å². The molecule has 1 aromatic heterocycles. The number of thioether (sulfide) groups is 1.